The zero-order chi connectivity index (χ0) is 21.1. The highest BCUT2D eigenvalue weighted by molar-refractivity contribution is 6.37. The molecule has 1 saturated heterocycles. The smallest absolute Gasteiger partial charge is 0.377 e. The van der Waals surface area contributed by atoms with E-state index in [0.717, 1.165) is 17.5 Å². The molecule has 0 bridgehead atoms. The molecule has 9 nitrogen and oxygen atoms in total. The fourth-order valence-corrected chi connectivity index (χ4v) is 4.21. The van der Waals surface area contributed by atoms with Gasteiger partial charge in [0.25, 0.3) is 0 Å². The number of carbonyl (C=O) groups is 1. The van der Waals surface area contributed by atoms with Crippen LogP contribution >= 0.6 is 23.2 Å². The summed E-state index contributed by atoms with van der Waals surface area (Å²) in [5.74, 6) is -0.101. The first-order valence-electron chi connectivity index (χ1n) is 9.59. The Morgan fingerprint density at radius 1 is 1.28 bits per heavy atom. The van der Waals surface area contributed by atoms with Gasteiger partial charge in [-0.2, -0.15) is 4.68 Å². The second-order valence-corrected chi connectivity index (χ2v) is 7.74. The number of para-hydroxylation sites is 1. The summed E-state index contributed by atoms with van der Waals surface area (Å²) >= 11 is 12.3. The van der Waals surface area contributed by atoms with Crippen molar-refractivity contribution in [2.24, 2.45) is 5.92 Å². The topological polar surface area (TPSA) is 96.5 Å². The molecule has 1 aliphatic rings. The first-order chi connectivity index (χ1) is 13.9. The maximum Gasteiger partial charge on any atom is 0.377 e. The van der Waals surface area contributed by atoms with Crippen LogP contribution in [0.2, 0.25) is 10.0 Å². The summed E-state index contributed by atoms with van der Waals surface area (Å²) in [4.78, 5) is 29.1. The quantitative estimate of drug-likeness (QED) is 0.562. The Bertz CT molecular complexity index is 906. The van der Waals surface area contributed by atoms with Crippen molar-refractivity contribution in [3.05, 3.63) is 38.7 Å². The molecule has 0 aliphatic carbocycles. The lowest BCUT2D eigenvalue weighted by molar-refractivity contribution is -0.0518. The number of amides is 1. The summed E-state index contributed by atoms with van der Waals surface area (Å²) in [5.41, 5.74) is -0.579. The first kappa shape index (κ1) is 21.8. The van der Waals surface area contributed by atoms with Crippen LogP contribution in [0.5, 0.6) is 0 Å². The second-order valence-electron chi connectivity index (χ2n) is 6.92. The Morgan fingerprint density at radius 3 is 2.55 bits per heavy atom. The minimum Gasteiger partial charge on any atom is -0.378 e. The maximum atomic E-state index is 12.9. The van der Waals surface area contributed by atoms with Crippen LogP contribution in [-0.4, -0.2) is 73.1 Å². The maximum absolute atomic E-state index is 12.9. The lowest BCUT2D eigenvalue weighted by atomic mass is 9.95. The average Bonchev–Trinajstić information content (AvgIpc) is 3.09. The molecular weight excluding hydrogens is 419 g/mol. The summed E-state index contributed by atoms with van der Waals surface area (Å²) in [5, 5.41) is 18.6. The van der Waals surface area contributed by atoms with E-state index in [0.29, 0.717) is 30.9 Å². The molecule has 11 heteroatoms. The predicted octanol–water partition coefficient (Wildman–Crippen LogP) is 2.08. The standard InChI is InChI=1S/C18H24Cl2N6O3/c1-3-23(4-2)16(27)12-7-6-10-24(11-12)17(28)26-18(29)25(21-22-26)15-13(19)8-5-9-14(15)20/h5,8-9,12,16,27H,3-4,6-7,10-11H2,1-2H3. The van der Waals surface area contributed by atoms with Crippen LogP contribution in [0.25, 0.3) is 5.69 Å². The lowest BCUT2D eigenvalue weighted by Crippen LogP contribution is -2.51. The number of piperidine rings is 1. The van der Waals surface area contributed by atoms with E-state index in [-0.39, 0.29) is 21.7 Å². The summed E-state index contributed by atoms with van der Waals surface area (Å²) in [6, 6.07) is 4.20. The highest BCUT2D eigenvalue weighted by atomic mass is 35.5. The van der Waals surface area contributed by atoms with E-state index in [9.17, 15) is 14.7 Å². The van der Waals surface area contributed by atoms with Crippen molar-refractivity contribution in [2.75, 3.05) is 26.2 Å². The normalized spacial score (nSPS) is 18.3. The number of carbonyl (C=O) groups excluding carboxylic acids is 1. The molecule has 2 atom stereocenters. The number of nitrogens with zero attached hydrogens (tertiary/aromatic N) is 6. The molecule has 0 saturated carbocycles. The second kappa shape index (κ2) is 9.25. The third-order valence-corrected chi connectivity index (χ3v) is 5.86. The number of benzene rings is 1. The molecule has 1 aromatic heterocycles. The lowest BCUT2D eigenvalue weighted by Gasteiger charge is -2.38. The van der Waals surface area contributed by atoms with Gasteiger partial charge in [-0.3, -0.25) is 4.90 Å². The predicted molar refractivity (Wildman–Crippen MR) is 110 cm³/mol. The van der Waals surface area contributed by atoms with Gasteiger partial charge >= 0.3 is 11.7 Å². The number of likely N-dealkylation sites (tertiary alicyclic amines) is 1. The number of tetrazole rings is 1. The summed E-state index contributed by atoms with van der Waals surface area (Å²) in [6.45, 7) is 6.21. The van der Waals surface area contributed by atoms with Crippen molar-refractivity contribution < 1.29 is 9.90 Å². The number of aliphatic hydroxyl groups excluding tert-OH is 1. The van der Waals surface area contributed by atoms with Gasteiger partial charge in [-0.1, -0.05) is 43.1 Å². The number of hydrogen-bond donors (Lipinski definition) is 1. The Hall–Kier alpha value is -1.94. The van der Waals surface area contributed by atoms with Crippen molar-refractivity contribution in [3.8, 4) is 5.69 Å². The van der Waals surface area contributed by atoms with Crippen LogP contribution in [-0.2, 0) is 0 Å². The fraction of sp³-hybridized carbons (Fsp3) is 0.556. The molecule has 2 aromatic rings. The molecule has 0 radical (unpaired) electrons. The van der Waals surface area contributed by atoms with Gasteiger partial charge in [0.2, 0.25) is 0 Å². The van der Waals surface area contributed by atoms with E-state index in [1.54, 1.807) is 18.2 Å². The Morgan fingerprint density at radius 2 is 1.93 bits per heavy atom. The van der Waals surface area contributed by atoms with Crippen LogP contribution in [0.1, 0.15) is 26.7 Å². The van der Waals surface area contributed by atoms with Crippen LogP contribution in [0.4, 0.5) is 4.79 Å². The van der Waals surface area contributed by atoms with E-state index in [1.165, 1.54) is 4.90 Å². The SMILES string of the molecule is CCN(CC)C(O)C1CCCN(C(=O)n2nnn(-c3c(Cl)cccc3Cl)c2=O)C1. The first-order valence-corrected chi connectivity index (χ1v) is 10.3. The molecule has 1 amide bonds. The van der Waals surface area contributed by atoms with E-state index in [1.807, 2.05) is 18.7 Å². The zero-order valence-corrected chi connectivity index (χ0v) is 17.8. The van der Waals surface area contributed by atoms with Crippen molar-refractivity contribution in [1.29, 1.82) is 0 Å². The molecule has 1 aromatic carbocycles. The van der Waals surface area contributed by atoms with Crippen LogP contribution in [0, 0.1) is 5.92 Å². The fourth-order valence-electron chi connectivity index (χ4n) is 3.65. The van der Waals surface area contributed by atoms with Crippen molar-refractivity contribution in [1.82, 2.24) is 29.6 Å². The molecule has 1 N–H and O–H groups in total. The van der Waals surface area contributed by atoms with Crippen molar-refractivity contribution in [3.63, 3.8) is 0 Å². The van der Waals surface area contributed by atoms with Crippen LogP contribution in [0.3, 0.4) is 0 Å². The number of hydrogen-bond acceptors (Lipinski definition) is 6. The van der Waals surface area contributed by atoms with Gasteiger partial charge in [0.05, 0.1) is 10.0 Å². The van der Waals surface area contributed by atoms with E-state index in [4.69, 9.17) is 23.2 Å². The molecular formula is C18H24Cl2N6O3. The van der Waals surface area contributed by atoms with E-state index < -0.39 is 17.9 Å². The third-order valence-electron chi connectivity index (χ3n) is 5.25. The highest BCUT2D eigenvalue weighted by Crippen LogP contribution is 2.26. The van der Waals surface area contributed by atoms with Gasteiger partial charge in [-0.15, -0.1) is 4.68 Å². The molecule has 1 fully saturated rings. The number of halogens is 2. The number of aliphatic hydroxyl groups is 1. The van der Waals surface area contributed by atoms with E-state index >= 15 is 0 Å². The van der Waals surface area contributed by atoms with Crippen LogP contribution < -0.4 is 5.69 Å². The molecule has 158 valence electrons. The van der Waals surface area contributed by atoms with Crippen LogP contribution in [0.15, 0.2) is 23.0 Å². The molecule has 29 heavy (non-hydrogen) atoms. The average molecular weight is 443 g/mol. The monoisotopic (exact) mass is 442 g/mol. The molecule has 2 unspecified atom stereocenters. The minimum absolute atomic E-state index is 0.101. The van der Waals surface area contributed by atoms with E-state index in [2.05, 4.69) is 10.4 Å². The summed E-state index contributed by atoms with van der Waals surface area (Å²) < 4.78 is 1.61. The van der Waals surface area contributed by atoms with Crippen molar-refractivity contribution >= 4 is 29.2 Å². The van der Waals surface area contributed by atoms with Gasteiger partial charge < -0.3 is 10.0 Å². The van der Waals surface area contributed by atoms with Gasteiger partial charge in [0.15, 0.2) is 0 Å². The van der Waals surface area contributed by atoms with Crippen molar-refractivity contribution in [2.45, 2.75) is 32.9 Å². The van der Waals surface area contributed by atoms with Gasteiger partial charge in [0.1, 0.15) is 11.9 Å². The van der Waals surface area contributed by atoms with Gasteiger partial charge in [-0.05, 0) is 48.5 Å². The minimum atomic E-state index is -0.753. The number of rotatable bonds is 5. The van der Waals surface area contributed by atoms with Gasteiger partial charge in [-0.25, -0.2) is 9.59 Å². The molecule has 2 heterocycles. The molecule has 1 aliphatic heterocycles. The summed E-state index contributed by atoms with van der Waals surface area (Å²) in [6.07, 6.45) is 0.890. The Balaban J connectivity index is 1.83. The van der Waals surface area contributed by atoms with Gasteiger partial charge in [0, 0.05) is 19.0 Å². The Labute approximate surface area is 178 Å². The highest BCUT2D eigenvalue weighted by Gasteiger charge is 2.32. The summed E-state index contributed by atoms with van der Waals surface area (Å²) in [7, 11) is 0. The molecule has 0 spiro atoms. The zero-order valence-electron chi connectivity index (χ0n) is 16.3. The largest absolute Gasteiger partial charge is 0.378 e. The molecule has 3 rings (SSSR count). The third kappa shape index (κ3) is 4.32. The number of aromatic nitrogens is 4. The Kier molecular flexibility index (Phi) is 6.94.